The Morgan fingerprint density at radius 3 is 2.09 bits per heavy atom. The monoisotopic (exact) mass is 514 g/mol. The molecule has 0 aromatic heterocycles. The van der Waals surface area contributed by atoms with E-state index in [1.165, 1.54) is 38.5 Å². The Labute approximate surface area is 213 Å². The van der Waals surface area contributed by atoms with Crippen molar-refractivity contribution in [3.05, 3.63) is 35.9 Å². The third-order valence-electron chi connectivity index (χ3n) is 5.74. The van der Waals surface area contributed by atoms with Crippen molar-refractivity contribution in [2.24, 2.45) is 0 Å². The number of hydrogen-bond acceptors (Lipinski definition) is 4. The van der Waals surface area contributed by atoms with Crippen molar-refractivity contribution in [1.82, 2.24) is 10.2 Å². The number of benzene rings is 1. The molecular weight excluding hydrogens is 465 g/mol. The molecule has 0 bridgehead atoms. The van der Waals surface area contributed by atoms with E-state index in [9.17, 15) is 14.3 Å². The van der Waals surface area contributed by atoms with Crippen LogP contribution in [-0.2, 0) is 20.2 Å². The van der Waals surface area contributed by atoms with Gasteiger partial charge in [-0.05, 0) is 12.0 Å². The van der Waals surface area contributed by atoms with Crippen molar-refractivity contribution in [2.75, 3.05) is 54.0 Å². The normalized spacial score (nSPS) is 13.4. The molecule has 1 rings (SSSR count). The quantitative estimate of drug-likeness (QED) is 0.135. The number of phosphoric ester groups is 1. The van der Waals surface area contributed by atoms with E-state index in [4.69, 9.17) is 9.05 Å². The molecule has 1 unspecified atom stereocenters. The number of phosphoric acid groups is 1. The number of rotatable bonds is 20. The zero-order chi connectivity index (χ0) is 26.0. The minimum atomic E-state index is -4.15. The van der Waals surface area contributed by atoms with Crippen molar-refractivity contribution in [2.45, 2.75) is 71.3 Å². The van der Waals surface area contributed by atoms with Gasteiger partial charge >= 0.3 is 13.9 Å². The van der Waals surface area contributed by atoms with Gasteiger partial charge in [0.25, 0.3) is 0 Å². The molecule has 0 aliphatic carbocycles. The Balaban J connectivity index is 2.45. The molecule has 0 fully saturated rings. The Hall–Kier alpha value is -1.44. The second-order valence-corrected chi connectivity index (χ2v) is 11.6. The molecule has 1 aromatic carbocycles. The molecule has 0 saturated carbocycles. The number of carbonyl (C=O) groups is 1. The number of likely N-dealkylation sites (N-methyl/N-ethyl adjacent to an activating group) is 1. The van der Waals surface area contributed by atoms with Gasteiger partial charge in [-0.15, -0.1) is 0 Å². The maximum atomic E-state index is 12.8. The SMILES string of the molecule is CCCCCCCCCCCN(CCOP(=O)(O)OCC[N+](C)(C)C)C(=O)NCc1ccccc1. The first-order chi connectivity index (χ1) is 16.6. The second kappa shape index (κ2) is 17.9. The van der Waals surface area contributed by atoms with Crippen LogP contribution in [0.4, 0.5) is 4.79 Å². The van der Waals surface area contributed by atoms with Crippen LogP contribution in [0.2, 0.25) is 0 Å². The largest absolute Gasteiger partial charge is 0.472 e. The van der Waals surface area contributed by atoms with E-state index >= 15 is 0 Å². The maximum Gasteiger partial charge on any atom is 0.472 e. The van der Waals surface area contributed by atoms with Crippen LogP contribution in [0.15, 0.2) is 30.3 Å². The van der Waals surface area contributed by atoms with Gasteiger partial charge < -0.3 is 19.6 Å². The molecule has 1 aromatic rings. The topological polar surface area (TPSA) is 88.1 Å². The standard InChI is InChI=1S/C26H48N3O5P/c1-5-6-7-8-9-10-11-12-16-19-28(26(30)27-24-25-17-14-13-15-18-25)20-22-33-35(31,32)34-23-21-29(2,3)4/h13-15,17-18H,5-12,16,19-24H2,1-4H3,(H-,27,30,31,32)/p+1. The number of urea groups is 1. The fourth-order valence-electron chi connectivity index (χ4n) is 3.55. The van der Waals surface area contributed by atoms with Crippen molar-refractivity contribution < 1.29 is 27.8 Å². The average Bonchev–Trinajstić information content (AvgIpc) is 2.80. The zero-order valence-electron chi connectivity index (χ0n) is 22.4. The molecule has 2 N–H and O–H groups in total. The lowest BCUT2D eigenvalue weighted by molar-refractivity contribution is -0.870. The van der Waals surface area contributed by atoms with Gasteiger partial charge in [-0.3, -0.25) is 9.05 Å². The lowest BCUT2D eigenvalue weighted by Crippen LogP contribution is -2.42. The molecule has 8 nitrogen and oxygen atoms in total. The minimum absolute atomic E-state index is 0.0612. The zero-order valence-corrected chi connectivity index (χ0v) is 23.3. The molecule has 0 heterocycles. The van der Waals surface area contributed by atoms with Crippen LogP contribution >= 0.6 is 7.82 Å². The van der Waals surface area contributed by atoms with Crippen LogP contribution in [0, 0.1) is 0 Å². The Kier molecular flexibility index (Phi) is 16.2. The van der Waals surface area contributed by atoms with Crippen LogP contribution in [-0.4, -0.2) is 74.3 Å². The van der Waals surface area contributed by atoms with Crippen LogP contribution in [0.1, 0.15) is 70.3 Å². The summed E-state index contributed by atoms with van der Waals surface area (Å²) in [7, 11) is 1.78. The molecule has 1 atom stereocenters. The van der Waals surface area contributed by atoms with Crippen LogP contribution in [0.25, 0.3) is 0 Å². The number of carbonyl (C=O) groups excluding carboxylic acids is 1. The van der Waals surface area contributed by atoms with Crippen molar-refractivity contribution >= 4 is 13.9 Å². The average molecular weight is 515 g/mol. The first kappa shape index (κ1) is 31.6. The van der Waals surface area contributed by atoms with E-state index < -0.39 is 7.82 Å². The van der Waals surface area contributed by atoms with Gasteiger partial charge in [0.15, 0.2) is 0 Å². The lowest BCUT2D eigenvalue weighted by Gasteiger charge is -2.25. The Morgan fingerprint density at radius 1 is 0.914 bits per heavy atom. The number of nitrogens with zero attached hydrogens (tertiary/aromatic N) is 2. The first-order valence-electron chi connectivity index (χ1n) is 13.1. The molecule has 0 aliphatic heterocycles. The summed E-state index contributed by atoms with van der Waals surface area (Å²) in [6.45, 7) is 4.11. The third kappa shape index (κ3) is 17.6. The minimum Gasteiger partial charge on any atom is -0.334 e. The predicted molar refractivity (Wildman–Crippen MR) is 142 cm³/mol. The molecule has 202 valence electrons. The summed E-state index contributed by atoms with van der Waals surface area (Å²) in [6, 6.07) is 9.54. The summed E-state index contributed by atoms with van der Waals surface area (Å²) in [5, 5.41) is 2.94. The molecule has 35 heavy (non-hydrogen) atoms. The van der Waals surface area contributed by atoms with Crippen molar-refractivity contribution in [3.63, 3.8) is 0 Å². The fraction of sp³-hybridized carbons (Fsp3) is 0.731. The van der Waals surface area contributed by atoms with E-state index in [0.717, 1.165) is 24.8 Å². The summed E-state index contributed by atoms with van der Waals surface area (Å²) in [6.07, 6.45) is 10.8. The highest BCUT2D eigenvalue weighted by molar-refractivity contribution is 7.47. The highest BCUT2D eigenvalue weighted by Crippen LogP contribution is 2.42. The molecule has 9 heteroatoms. The summed E-state index contributed by atoms with van der Waals surface area (Å²) < 4.78 is 23.0. The third-order valence-corrected chi connectivity index (χ3v) is 6.76. The van der Waals surface area contributed by atoms with Gasteiger partial charge in [-0.2, -0.15) is 0 Å². The van der Waals surface area contributed by atoms with E-state index in [1.807, 2.05) is 51.5 Å². The molecule has 0 radical (unpaired) electrons. The molecule has 0 spiro atoms. The number of hydrogen-bond donors (Lipinski definition) is 2. The summed E-state index contributed by atoms with van der Waals surface area (Å²) in [5.41, 5.74) is 1.02. The molecule has 2 amide bonds. The van der Waals surface area contributed by atoms with Gasteiger partial charge in [0.05, 0.1) is 27.7 Å². The molecular formula is C26H49N3O5P+. The number of unbranched alkanes of at least 4 members (excludes halogenated alkanes) is 8. The summed E-state index contributed by atoms with van der Waals surface area (Å²) >= 11 is 0. The van der Waals surface area contributed by atoms with Gasteiger partial charge in [0.2, 0.25) is 0 Å². The van der Waals surface area contributed by atoms with E-state index in [1.54, 1.807) is 4.90 Å². The highest BCUT2D eigenvalue weighted by atomic mass is 31.2. The maximum absolute atomic E-state index is 12.8. The summed E-state index contributed by atoms with van der Waals surface area (Å²) in [4.78, 5) is 24.4. The van der Waals surface area contributed by atoms with Crippen LogP contribution in [0.5, 0.6) is 0 Å². The number of nitrogens with one attached hydrogen (secondary N) is 1. The summed E-state index contributed by atoms with van der Waals surface area (Å²) in [5.74, 6) is 0. The number of quaternary nitrogens is 1. The second-order valence-electron chi connectivity index (χ2n) is 10.1. The Bertz CT molecular complexity index is 727. The Morgan fingerprint density at radius 2 is 1.49 bits per heavy atom. The first-order valence-corrected chi connectivity index (χ1v) is 14.6. The number of amides is 2. The van der Waals surface area contributed by atoms with Crippen molar-refractivity contribution in [1.29, 1.82) is 0 Å². The van der Waals surface area contributed by atoms with Gasteiger partial charge in [-0.1, -0.05) is 88.6 Å². The van der Waals surface area contributed by atoms with E-state index in [2.05, 4.69) is 12.2 Å². The predicted octanol–water partition coefficient (Wildman–Crippen LogP) is 5.57. The fourth-order valence-corrected chi connectivity index (χ4v) is 4.25. The molecule has 0 aliphatic rings. The van der Waals surface area contributed by atoms with Crippen LogP contribution in [0.3, 0.4) is 0 Å². The van der Waals surface area contributed by atoms with Crippen molar-refractivity contribution in [3.8, 4) is 0 Å². The van der Waals surface area contributed by atoms with Gasteiger partial charge in [0.1, 0.15) is 13.2 Å². The molecule has 0 saturated heterocycles. The van der Waals surface area contributed by atoms with Gasteiger partial charge in [-0.25, -0.2) is 9.36 Å². The lowest BCUT2D eigenvalue weighted by atomic mass is 10.1. The van der Waals surface area contributed by atoms with Gasteiger partial charge in [0, 0.05) is 19.6 Å². The highest BCUT2D eigenvalue weighted by Gasteiger charge is 2.23. The smallest absolute Gasteiger partial charge is 0.334 e. The van der Waals surface area contributed by atoms with E-state index in [-0.39, 0.29) is 25.8 Å². The van der Waals surface area contributed by atoms with Crippen LogP contribution < -0.4 is 5.32 Å². The van der Waals surface area contributed by atoms with E-state index in [0.29, 0.717) is 24.1 Å².